The third kappa shape index (κ3) is 4.56. The molecular weight excluding hydrogens is 358 g/mol. The summed E-state index contributed by atoms with van der Waals surface area (Å²) in [4.78, 5) is 8.55. The van der Waals surface area contributed by atoms with Crippen molar-refractivity contribution >= 4 is 0 Å². The highest BCUT2D eigenvalue weighted by molar-refractivity contribution is 5.67. The van der Waals surface area contributed by atoms with E-state index in [9.17, 15) is 13.9 Å². The van der Waals surface area contributed by atoms with Crippen molar-refractivity contribution in [2.75, 3.05) is 6.61 Å². The summed E-state index contributed by atoms with van der Waals surface area (Å²) in [6, 6.07) is 9.81. The quantitative estimate of drug-likeness (QED) is 0.651. The summed E-state index contributed by atoms with van der Waals surface area (Å²) in [5, 5.41) is 13.4. The Hall–Kier alpha value is -3.07. The van der Waals surface area contributed by atoms with Gasteiger partial charge in [0.2, 0.25) is 0 Å². The second-order valence-electron chi connectivity index (χ2n) is 5.48. The Labute approximate surface area is 154 Å². The van der Waals surface area contributed by atoms with Crippen molar-refractivity contribution in [3.63, 3.8) is 0 Å². The topological polar surface area (TPSA) is 82.3 Å². The van der Waals surface area contributed by atoms with Gasteiger partial charge in [0, 0.05) is 5.56 Å². The number of nitrogens with zero attached hydrogens (tertiary/aromatic N) is 4. The average molecular weight is 376 g/mol. The summed E-state index contributed by atoms with van der Waals surface area (Å²) in [6.45, 7) is -0.579. The number of hydrogen-bond donors (Lipinski definition) is 1. The van der Waals surface area contributed by atoms with Crippen molar-refractivity contribution in [2.45, 2.75) is 26.7 Å². The largest absolute Gasteiger partial charge is 0.492 e. The molecule has 7 nitrogen and oxygen atoms in total. The van der Waals surface area contributed by atoms with Gasteiger partial charge in [-0.3, -0.25) is 0 Å². The maximum absolute atomic E-state index is 12.5. The van der Waals surface area contributed by atoms with Gasteiger partial charge in [0.25, 0.3) is 0 Å². The number of alkyl halides is 2. The minimum Gasteiger partial charge on any atom is -0.492 e. The van der Waals surface area contributed by atoms with Gasteiger partial charge in [-0.25, -0.2) is 14.6 Å². The lowest BCUT2D eigenvalue weighted by atomic mass is 10.1. The predicted molar refractivity (Wildman–Crippen MR) is 92.5 cm³/mol. The molecule has 142 valence electrons. The highest BCUT2D eigenvalue weighted by Crippen LogP contribution is 2.31. The summed E-state index contributed by atoms with van der Waals surface area (Å²) >= 11 is 0. The van der Waals surface area contributed by atoms with Crippen LogP contribution in [0.3, 0.4) is 0 Å². The van der Waals surface area contributed by atoms with Gasteiger partial charge in [-0.15, -0.1) is 0 Å². The maximum atomic E-state index is 12.5. The van der Waals surface area contributed by atoms with Crippen LogP contribution in [0, 0.1) is 0 Å². The van der Waals surface area contributed by atoms with Gasteiger partial charge in [0.05, 0.1) is 18.8 Å². The molecule has 0 radical (unpaired) electrons. The Balaban J connectivity index is 1.97. The summed E-state index contributed by atoms with van der Waals surface area (Å²) in [5.41, 5.74) is 1.73. The number of pyridine rings is 1. The molecule has 0 aliphatic carbocycles. The third-order valence-corrected chi connectivity index (χ3v) is 3.70. The van der Waals surface area contributed by atoms with E-state index in [2.05, 4.69) is 19.8 Å². The van der Waals surface area contributed by atoms with Crippen molar-refractivity contribution in [3.8, 4) is 22.8 Å². The van der Waals surface area contributed by atoms with E-state index in [4.69, 9.17) is 4.74 Å². The van der Waals surface area contributed by atoms with Crippen molar-refractivity contribution < 1.29 is 23.4 Å². The minimum absolute atomic E-state index is 0.0380. The number of benzene rings is 1. The Morgan fingerprint density at radius 1 is 1.22 bits per heavy atom. The van der Waals surface area contributed by atoms with Gasteiger partial charge in [0.15, 0.2) is 5.82 Å². The number of hydrogen-bond acceptors (Lipinski definition) is 6. The first-order valence-electron chi connectivity index (χ1n) is 8.26. The normalized spacial score (nSPS) is 11.0. The zero-order valence-corrected chi connectivity index (χ0v) is 14.5. The van der Waals surface area contributed by atoms with E-state index >= 15 is 0 Å². The van der Waals surface area contributed by atoms with Gasteiger partial charge >= 0.3 is 6.61 Å². The van der Waals surface area contributed by atoms with Crippen LogP contribution in [0.2, 0.25) is 0 Å². The second-order valence-corrected chi connectivity index (χ2v) is 5.48. The van der Waals surface area contributed by atoms with E-state index in [1.807, 2.05) is 6.92 Å². The summed E-state index contributed by atoms with van der Waals surface area (Å²) in [6.07, 6.45) is 1.35. The van der Waals surface area contributed by atoms with Gasteiger partial charge in [-0.2, -0.15) is 13.9 Å². The Kier molecular flexibility index (Phi) is 5.92. The SMILES string of the molecule is CCOc1ccc(Cn2ncnc2CO)nc1-c1cccc(OC(F)F)c1. The molecule has 9 heteroatoms. The highest BCUT2D eigenvalue weighted by atomic mass is 19.3. The van der Waals surface area contributed by atoms with Crippen LogP contribution in [0.25, 0.3) is 11.3 Å². The molecule has 0 aliphatic heterocycles. The van der Waals surface area contributed by atoms with E-state index in [-0.39, 0.29) is 12.4 Å². The van der Waals surface area contributed by atoms with E-state index in [0.29, 0.717) is 41.7 Å². The van der Waals surface area contributed by atoms with E-state index in [1.165, 1.54) is 23.1 Å². The number of aliphatic hydroxyl groups excluding tert-OH is 1. The minimum atomic E-state index is -2.91. The number of rotatable bonds is 8. The van der Waals surface area contributed by atoms with Crippen LogP contribution in [0.4, 0.5) is 8.78 Å². The molecule has 27 heavy (non-hydrogen) atoms. The van der Waals surface area contributed by atoms with Crippen LogP contribution in [0.5, 0.6) is 11.5 Å². The molecular formula is C18H18F2N4O3. The van der Waals surface area contributed by atoms with Crippen LogP contribution in [-0.4, -0.2) is 38.1 Å². The molecule has 0 saturated carbocycles. The van der Waals surface area contributed by atoms with Gasteiger partial charge in [0.1, 0.15) is 30.1 Å². The highest BCUT2D eigenvalue weighted by Gasteiger charge is 2.13. The van der Waals surface area contributed by atoms with Crippen molar-refractivity contribution in [1.82, 2.24) is 19.7 Å². The molecule has 0 amide bonds. The molecule has 1 aromatic carbocycles. The number of halogens is 2. The van der Waals surface area contributed by atoms with Crippen LogP contribution in [0.15, 0.2) is 42.7 Å². The van der Waals surface area contributed by atoms with Crippen LogP contribution in [0.1, 0.15) is 18.4 Å². The summed E-state index contributed by atoms with van der Waals surface area (Å²) in [7, 11) is 0. The van der Waals surface area contributed by atoms with Gasteiger partial charge in [-0.05, 0) is 31.2 Å². The zero-order chi connectivity index (χ0) is 19.2. The summed E-state index contributed by atoms with van der Waals surface area (Å²) < 4.78 is 36.6. The number of aromatic nitrogens is 4. The zero-order valence-electron chi connectivity index (χ0n) is 14.5. The lowest BCUT2D eigenvalue weighted by Crippen LogP contribution is -2.09. The molecule has 0 fully saturated rings. The van der Waals surface area contributed by atoms with Crippen molar-refractivity contribution in [1.29, 1.82) is 0 Å². The molecule has 3 rings (SSSR count). The van der Waals surface area contributed by atoms with Crippen LogP contribution in [-0.2, 0) is 13.2 Å². The fraction of sp³-hybridized carbons (Fsp3) is 0.278. The van der Waals surface area contributed by atoms with E-state index in [1.54, 1.807) is 24.3 Å². The van der Waals surface area contributed by atoms with Crippen LogP contribution < -0.4 is 9.47 Å². The first-order valence-corrected chi connectivity index (χ1v) is 8.26. The lowest BCUT2D eigenvalue weighted by Gasteiger charge is -2.13. The van der Waals surface area contributed by atoms with E-state index in [0.717, 1.165) is 0 Å². The maximum Gasteiger partial charge on any atom is 0.387 e. The van der Waals surface area contributed by atoms with Crippen LogP contribution >= 0.6 is 0 Å². The average Bonchev–Trinajstić information content (AvgIpc) is 3.10. The first-order chi connectivity index (χ1) is 13.1. The molecule has 0 aliphatic rings. The molecule has 3 aromatic rings. The standard InChI is InChI=1S/C18H18F2N4O3/c1-2-26-15-7-6-13(9-24-16(10-25)21-11-22-24)23-17(15)12-4-3-5-14(8-12)27-18(19)20/h3-8,11,18,25H,2,9-10H2,1H3. The molecule has 0 unspecified atom stereocenters. The molecule has 0 bridgehead atoms. The fourth-order valence-electron chi connectivity index (χ4n) is 2.57. The first kappa shape index (κ1) is 18.7. The Bertz CT molecular complexity index is 902. The smallest absolute Gasteiger partial charge is 0.387 e. The van der Waals surface area contributed by atoms with Gasteiger partial charge < -0.3 is 14.6 Å². The van der Waals surface area contributed by atoms with Crippen molar-refractivity contribution in [2.24, 2.45) is 0 Å². The monoisotopic (exact) mass is 376 g/mol. The van der Waals surface area contributed by atoms with E-state index < -0.39 is 6.61 Å². The molecule has 1 N–H and O–H groups in total. The number of aliphatic hydroxyl groups is 1. The fourth-order valence-corrected chi connectivity index (χ4v) is 2.57. The van der Waals surface area contributed by atoms with Gasteiger partial charge in [-0.1, -0.05) is 12.1 Å². The molecule has 2 aromatic heterocycles. The molecule has 0 saturated heterocycles. The predicted octanol–water partition coefficient (Wildman–Crippen LogP) is 2.88. The molecule has 2 heterocycles. The lowest BCUT2D eigenvalue weighted by molar-refractivity contribution is -0.0498. The molecule has 0 spiro atoms. The number of ether oxygens (including phenoxy) is 2. The third-order valence-electron chi connectivity index (χ3n) is 3.70. The summed E-state index contributed by atoms with van der Waals surface area (Å²) in [5.74, 6) is 0.979. The second kappa shape index (κ2) is 8.54. The van der Waals surface area contributed by atoms with Crippen molar-refractivity contribution in [3.05, 3.63) is 54.2 Å². The molecule has 0 atom stereocenters. The Morgan fingerprint density at radius 3 is 2.81 bits per heavy atom. The Morgan fingerprint density at radius 2 is 2.07 bits per heavy atom.